The van der Waals surface area contributed by atoms with E-state index in [1.807, 2.05) is 19.1 Å². The minimum atomic E-state index is -0.204. The van der Waals surface area contributed by atoms with Gasteiger partial charge in [-0.2, -0.15) is 5.10 Å². The molecule has 102 valence electrons. The molecule has 0 aliphatic heterocycles. The highest BCUT2D eigenvalue weighted by Gasteiger charge is 2.16. The first kappa shape index (κ1) is 13.2. The number of nitrogens with one attached hydrogen (secondary N) is 1. The van der Waals surface area contributed by atoms with Crippen molar-refractivity contribution in [2.24, 2.45) is 7.05 Å². The van der Waals surface area contributed by atoms with Gasteiger partial charge >= 0.3 is 0 Å². The predicted molar refractivity (Wildman–Crippen MR) is 71.6 cm³/mol. The van der Waals surface area contributed by atoms with Crippen molar-refractivity contribution < 1.29 is 9.21 Å². The molecule has 6 nitrogen and oxygen atoms in total. The van der Waals surface area contributed by atoms with Crippen LogP contribution >= 0.6 is 0 Å². The van der Waals surface area contributed by atoms with Gasteiger partial charge in [0.05, 0.1) is 18.1 Å². The molecule has 2 heterocycles. The summed E-state index contributed by atoms with van der Waals surface area (Å²) in [5, 5.41) is 6.85. The molecular weight excluding hydrogens is 244 g/mol. The summed E-state index contributed by atoms with van der Waals surface area (Å²) in [6.45, 7) is 1.95. The average molecular weight is 262 g/mol. The number of nitrogens with zero attached hydrogens (tertiary/aromatic N) is 2. The molecule has 2 aromatic heterocycles. The van der Waals surface area contributed by atoms with Crippen LogP contribution in [0.5, 0.6) is 0 Å². The van der Waals surface area contributed by atoms with Crippen LogP contribution in [-0.4, -0.2) is 21.7 Å². The van der Waals surface area contributed by atoms with Gasteiger partial charge in [-0.1, -0.05) is 0 Å². The first-order valence-corrected chi connectivity index (χ1v) is 6.18. The zero-order valence-electron chi connectivity index (χ0n) is 11.1. The molecule has 19 heavy (non-hydrogen) atoms. The molecule has 0 spiro atoms. The van der Waals surface area contributed by atoms with E-state index in [1.165, 1.54) is 10.9 Å². The van der Waals surface area contributed by atoms with Crippen molar-refractivity contribution in [1.82, 2.24) is 15.1 Å². The van der Waals surface area contributed by atoms with Gasteiger partial charge < -0.3 is 15.5 Å². The summed E-state index contributed by atoms with van der Waals surface area (Å²) in [6, 6.07) is 3.81. The number of hydrogen-bond donors (Lipinski definition) is 2. The molecule has 1 amide bonds. The van der Waals surface area contributed by atoms with Gasteiger partial charge in [-0.05, 0) is 25.5 Å². The molecule has 1 unspecified atom stereocenters. The quantitative estimate of drug-likeness (QED) is 0.851. The SMILES string of the molecule is CC(CCc1ccco1)NC(=O)c1c(N)cnn1C. The summed E-state index contributed by atoms with van der Waals surface area (Å²) < 4.78 is 6.73. The van der Waals surface area contributed by atoms with Crippen molar-refractivity contribution in [2.45, 2.75) is 25.8 Å². The fraction of sp³-hybridized carbons (Fsp3) is 0.385. The predicted octanol–water partition coefficient (Wildman–Crippen LogP) is 1.35. The Balaban J connectivity index is 1.88. The highest BCUT2D eigenvalue weighted by Crippen LogP contribution is 2.10. The van der Waals surface area contributed by atoms with Gasteiger partial charge in [-0.3, -0.25) is 9.48 Å². The summed E-state index contributed by atoms with van der Waals surface area (Å²) in [6.07, 6.45) is 4.71. The molecule has 6 heteroatoms. The Labute approximate surface area is 111 Å². The van der Waals surface area contributed by atoms with Crippen LogP contribution in [0.4, 0.5) is 5.69 Å². The lowest BCUT2D eigenvalue weighted by atomic mass is 10.1. The topological polar surface area (TPSA) is 86.1 Å². The van der Waals surface area contributed by atoms with E-state index in [0.717, 1.165) is 18.6 Å². The standard InChI is InChI=1S/C13H18N4O2/c1-9(5-6-10-4-3-7-19-10)16-13(18)12-11(14)8-15-17(12)2/h3-4,7-9H,5-6,14H2,1-2H3,(H,16,18). The summed E-state index contributed by atoms with van der Waals surface area (Å²) in [7, 11) is 1.69. The van der Waals surface area contributed by atoms with E-state index >= 15 is 0 Å². The van der Waals surface area contributed by atoms with Crippen molar-refractivity contribution in [3.05, 3.63) is 36.0 Å². The van der Waals surface area contributed by atoms with Crippen LogP contribution < -0.4 is 11.1 Å². The van der Waals surface area contributed by atoms with Crippen molar-refractivity contribution in [3.63, 3.8) is 0 Å². The molecule has 0 saturated heterocycles. The Morgan fingerprint density at radius 2 is 2.42 bits per heavy atom. The second-order valence-corrected chi connectivity index (χ2v) is 4.56. The molecule has 0 aromatic carbocycles. The molecule has 0 aliphatic rings. The lowest BCUT2D eigenvalue weighted by Gasteiger charge is -2.13. The highest BCUT2D eigenvalue weighted by molar-refractivity contribution is 5.97. The summed E-state index contributed by atoms with van der Waals surface area (Å²) in [5.41, 5.74) is 6.49. The Hall–Kier alpha value is -2.24. The van der Waals surface area contributed by atoms with Crippen molar-refractivity contribution in [2.75, 3.05) is 5.73 Å². The number of nitrogen functional groups attached to an aromatic ring is 1. The number of nitrogens with two attached hydrogens (primary N) is 1. The number of anilines is 1. The molecule has 0 radical (unpaired) electrons. The van der Waals surface area contributed by atoms with Crippen LogP contribution in [0.25, 0.3) is 0 Å². The lowest BCUT2D eigenvalue weighted by molar-refractivity contribution is 0.0929. The first-order valence-electron chi connectivity index (χ1n) is 6.18. The van der Waals surface area contributed by atoms with Crippen LogP contribution in [0.2, 0.25) is 0 Å². The molecule has 2 aromatic rings. The number of furan rings is 1. The largest absolute Gasteiger partial charge is 0.469 e. The van der Waals surface area contributed by atoms with E-state index in [9.17, 15) is 4.79 Å². The van der Waals surface area contributed by atoms with Crippen LogP contribution in [0.15, 0.2) is 29.0 Å². The fourth-order valence-corrected chi connectivity index (χ4v) is 1.91. The zero-order chi connectivity index (χ0) is 13.8. The van der Waals surface area contributed by atoms with E-state index in [0.29, 0.717) is 11.4 Å². The van der Waals surface area contributed by atoms with Gasteiger partial charge in [-0.25, -0.2) is 0 Å². The minimum absolute atomic E-state index is 0.0342. The summed E-state index contributed by atoms with van der Waals surface area (Å²) in [5.74, 6) is 0.714. The van der Waals surface area contributed by atoms with Crippen molar-refractivity contribution in [3.8, 4) is 0 Å². The number of carbonyl (C=O) groups excluding carboxylic acids is 1. The lowest BCUT2D eigenvalue weighted by Crippen LogP contribution is -2.34. The molecular formula is C13H18N4O2. The maximum atomic E-state index is 12.0. The minimum Gasteiger partial charge on any atom is -0.469 e. The third-order valence-electron chi connectivity index (χ3n) is 2.96. The number of amides is 1. The second-order valence-electron chi connectivity index (χ2n) is 4.56. The monoisotopic (exact) mass is 262 g/mol. The second kappa shape index (κ2) is 5.60. The zero-order valence-corrected chi connectivity index (χ0v) is 11.1. The number of rotatable bonds is 5. The summed E-state index contributed by atoms with van der Waals surface area (Å²) in [4.78, 5) is 12.0. The first-order chi connectivity index (χ1) is 9.08. The van der Waals surface area contributed by atoms with Crippen LogP contribution in [0, 0.1) is 0 Å². The van der Waals surface area contributed by atoms with E-state index < -0.39 is 0 Å². The molecule has 0 aliphatic carbocycles. The van der Waals surface area contributed by atoms with E-state index in [4.69, 9.17) is 10.2 Å². The highest BCUT2D eigenvalue weighted by atomic mass is 16.3. The van der Waals surface area contributed by atoms with Gasteiger partial charge in [0.25, 0.3) is 5.91 Å². The van der Waals surface area contributed by atoms with Gasteiger partial charge in [0.15, 0.2) is 0 Å². The average Bonchev–Trinajstić information content (AvgIpc) is 2.97. The normalized spacial score (nSPS) is 12.3. The smallest absolute Gasteiger partial charge is 0.271 e. The molecule has 0 fully saturated rings. The van der Waals surface area contributed by atoms with Gasteiger partial charge in [0.2, 0.25) is 0 Å². The molecule has 3 N–H and O–H groups in total. The maximum Gasteiger partial charge on any atom is 0.271 e. The third-order valence-corrected chi connectivity index (χ3v) is 2.96. The van der Waals surface area contributed by atoms with E-state index in [2.05, 4.69) is 10.4 Å². The van der Waals surface area contributed by atoms with Crippen LogP contribution in [-0.2, 0) is 13.5 Å². The maximum absolute atomic E-state index is 12.0. The molecule has 0 bridgehead atoms. The van der Waals surface area contributed by atoms with Gasteiger partial charge in [0, 0.05) is 19.5 Å². The third kappa shape index (κ3) is 3.15. The van der Waals surface area contributed by atoms with Crippen LogP contribution in [0.3, 0.4) is 0 Å². The Kier molecular flexibility index (Phi) is 3.89. The molecule has 0 saturated carbocycles. The summed E-state index contributed by atoms with van der Waals surface area (Å²) >= 11 is 0. The Bertz CT molecular complexity index is 525. The molecule has 1 atom stereocenters. The van der Waals surface area contributed by atoms with Crippen LogP contribution in [0.1, 0.15) is 29.6 Å². The molecule has 2 rings (SSSR count). The van der Waals surface area contributed by atoms with E-state index in [-0.39, 0.29) is 11.9 Å². The van der Waals surface area contributed by atoms with Gasteiger partial charge in [0.1, 0.15) is 11.5 Å². The number of carbonyl (C=O) groups is 1. The Morgan fingerprint density at radius 3 is 3.00 bits per heavy atom. The van der Waals surface area contributed by atoms with Gasteiger partial charge in [-0.15, -0.1) is 0 Å². The number of hydrogen-bond acceptors (Lipinski definition) is 4. The van der Waals surface area contributed by atoms with Crippen molar-refractivity contribution in [1.29, 1.82) is 0 Å². The Morgan fingerprint density at radius 1 is 1.63 bits per heavy atom. The fourth-order valence-electron chi connectivity index (χ4n) is 1.91. The number of aromatic nitrogens is 2. The number of aryl methyl sites for hydroxylation is 2. The van der Waals surface area contributed by atoms with Crippen molar-refractivity contribution >= 4 is 11.6 Å². The van der Waals surface area contributed by atoms with E-state index in [1.54, 1.807) is 13.3 Å².